The molecule has 0 aliphatic carbocycles. The summed E-state index contributed by atoms with van der Waals surface area (Å²) in [6, 6.07) is 0. The van der Waals surface area contributed by atoms with Gasteiger partial charge < -0.3 is 4.74 Å². The Balaban J connectivity index is 0.000000583. The summed E-state index contributed by atoms with van der Waals surface area (Å²) in [7, 11) is -1.31. The smallest absolute Gasteiger partial charge is 0.211 e. The summed E-state index contributed by atoms with van der Waals surface area (Å²) in [6.07, 6.45) is 4.36. The summed E-state index contributed by atoms with van der Waals surface area (Å²) >= 11 is 0. The number of sulfonamides is 1. The molecule has 1 saturated heterocycles. The van der Waals surface area contributed by atoms with Gasteiger partial charge in [-0.05, 0) is 12.8 Å². The van der Waals surface area contributed by atoms with Crippen molar-refractivity contribution < 1.29 is 13.2 Å². The first-order valence-corrected chi connectivity index (χ1v) is 7.28. The molecule has 5 heteroatoms. The molecule has 1 fully saturated rings. The van der Waals surface area contributed by atoms with E-state index < -0.39 is 10.0 Å². The molecule has 1 aliphatic rings. The first-order valence-electron chi connectivity index (χ1n) is 5.43. The van der Waals surface area contributed by atoms with Gasteiger partial charge in [0.1, 0.15) is 0 Å². The van der Waals surface area contributed by atoms with Gasteiger partial charge in [-0.1, -0.05) is 20.3 Å². The molecule has 0 aromatic carbocycles. The van der Waals surface area contributed by atoms with Gasteiger partial charge in [0.15, 0.2) is 0 Å². The minimum absolute atomic E-state index is 0.239. The Bertz CT molecular complexity index is 243. The third-order valence-electron chi connectivity index (χ3n) is 2.20. The van der Waals surface area contributed by atoms with E-state index in [4.69, 9.17) is 4.74 Å². The minimum Gasteiger partial charge on any atom is -0.381 e. The van der Waals surface area contributed by atoms with Gasteiger partial charge in [-0.25, -0.2) is 12.7 Å². The van der Waals surface area contributed by atoms with Crippen LogP contribution < -0.4 is 0 Å². The van der Waals surface area contributed by atoms with Gasteiger partial charge >= 0.3 is 0 Å². The lowest BCUT2D eigenvalue weighted by molar-refractivity contribution is 0.0606. The van der Waals surface area contributed by atoms with Crippen LogP contribution in [0.15, 0.2) is 0 Å². The van der Waals surface area contributed by atoms with Crippen molar-refractivity contribution >= 4 is 10.0 Å². The highest BCUT2D eigenvalue weighted by Crippen LogP contribution is 2.14. The van der Waals surface area contributed by atoms with Crippen LogP contribution in [0.2, 0.25) is 0 Å². The molecule has 1 rings (SSSR count). The quantitative estimate of drug-likeness (QED) is 0.730. The standard InChI is InChI=1S/C7H15NO3S.C3H8/c1-11-7-3-5-8(6-4-7)12(2,9)10;1-3-2/h7H,3-6H2,1-2H3;3H2,1-2H3. The van der Waals surface area contributed by atoms with E-state index in [1.807, 2.05) is 0 Å². The summed E-state index contributed by atoms with van der Waals surface area (Å²) in [4.78, 5) is 0. The van der Waals surface area contributed by atoms with Crippen LogP contribution in [0.3, 0.4) is 0 Å². The van der Waals surface area contributed by atoms with E-state index in [1.165, 1.54) is 17.0 Å². The van der Waals surface area contributed by atoms with E-state index in [1.54, 1.807) is 7.11 Å². The van der Waals surface area contributed by atoms with Crippen LogP contribution in [-0.2, 0) is 14.8 Å². The third kappa shape index (κ3) is 6.12. The van der Waals surface area contributed by atoms with Gasteiger partial charge in [0, 0.05) is 20.2 Å². The number of ether oxygens (including phenoxy) is 1. The van der Waals surface area contributed by atoms with Gasteiger partial charge in [0.25, 0.3) is 0 Å². The zero-order chi connectivity index (χ0) is 11.9. The topological polar surface area (TPSA) is 46.6 Å². The summed E-state index contributed by atoms with van der Waals surface area (Å²) in [5.74, 6) is 0. The van der Waals surface area contributed by atoms with Crippen LogP contribution in [0.1, 0.15) is 33.1 Å². The van der Waals surface area contributed by atoms with Crippen LogP contribution >= 0.6 is 0 Å². The zero-order valence-corrected chi connectivity index (χ0v) is 11.0. The fourth-order valence-corrected chi connectivity index (χ4v) is 2.27. The molecule has 4 nitrogen and oxygen atoms in total. The Labute approximate surface area is 93.7 Å². The Kier molecular flexibility index (Phi) is 7.13. The van der Waals surface area contributed by atoms with Crippen LogP contribution in [0.25, 0.3) is 0 Å². The predicted molar refractivity (Wildman–Crippen MR) is 62.4 cm³/mol. The summed E-state index contributed by atoms with van der Waals surface area (Å²) < 4.78 is 28.8. The van der Waals surface area contributed by atoms with Crippen molar-refractivity contribution in [3.8, 4) is 0 Å². The van der Waals surface area contributed by atoms with E-state index in [0.717, 1.165) is 12.8 Å². The monoisotopic (exact) mass is 237 g/mol. The van der Waals surface area contributed by atoms with Crippen molar-refractivity contribution in [2.45, 2.75) is 39.2 Å². The van der Waals surface area contributed by atoms with Gasteiger partial charge in [0.2, 0.25) is 10.0 Å². The molecule has 0 aromatic rings. The Hall–Kier alpha value is -0.130. The molecule has 0 radical (unpaired) electrons. The fourth-order valence-electron chi connectivity index (χ4n) is 1.40. The van der Waals surface area contributed by atoms with Gasteiger partial charge in [0.05, 0.1) is 12.4 Å². The third-order valence-corrected chi connectivity index (χ3v) is 3.51. The average Bonchev–Trinajstić information content (AvgIpc) is 2.18. The molecular formula is C10H23NO3S. The first kappa shape index (κ1) is 14.9. The Morgan fingerprint density at radius 2 is 1.67 bits per heavy atom. The normalized spacial score (nSPS) is 19.5. The molecule has 0 aromatic heterocycles. The SMILES string of the molecule is CCC.COC1CCN(S(C)(=O)=O)CC1. The maximum atomic E-state index is 11.1. The molecule has 0 spiro atoms. The second-order valence-corrected chi connectivity index (χ2v) is 5.79. The molecule has 1 heterocycles. The molecule has 0 bridgehead atoms. The molecule has 0 saturated carbocycles. The van der Waals surface area contributed by atoms with Gasteiger partial charge in [-0.15, -0.1) is 0 Å². The van der Waals surface area contributed by atoms with Crippen LogP contribution in [0.4, 0.5) is 0 Å². The highest BCUT2D eigenvalue weighted by molar-refractivity contribution is 7.88. The molecular weight excluding hydrogens is 214 g/mol. The number of rotatable bonds is 2. The molecule has 0 atom stereocenters. The number of methoxy groups -OCH3 is 1. The minimum atomic E-state index is -2.98. The fraction of sp³-hybridized carbons (Fsp3) is 1.00. The highest BCUT2D eigenvalue weighted by Gasteiger charge is 2.24. The van der Waals surface area contributed by atoms with E-state index in [2.05, 4.69) is 13.8 Å². The average molecular weight is 237 g/mol. The van der Waals surface area contributed by atoms with E-state index in [9.17, 15) is 8.42 Å². The lowest BCUT2D eigenvalue weighted by atomic mass is 10.1. The van der Waals surface area contributed by atoms with Gasteiger partial charge in [-0.3, -0.25) is 0 Å². The summed E-state index contributed by atoms with van der Waals surface area (Å²) in [6.45, 7) is 5.44. The van der Waals surface area contributed by atoms with Gasteiger partial charge in [-0.2, -0.15) is 0 Å². The van der Waals surface area contributed by atoms with E-state index in [0.29, 0.717) is 13.1 Å². The van der Waals surface area contributed by atoms with Crippen molar-refractivity contribution in [2.24, 2.45) is 0 Å². The first-order chi connectivity index (χ1) is 6.95. The van der Waals surface area contributed by atoms with Crippen molar-refractivity contribution in [3.63, 3.8) is 0 Å². The zero-order valence-electron chi connectivity index (χ0n) is 10.2. The Morgan fingerprint density at radius 3 is 1.93 bits per heavy atom. The van der Waals surface area contributed by atoms with Crippen LogP contribution in [-0.4, -0.2) is 45.3 Å². The van der Waals surface area contributed by atoms with E-state index >= 15 is 0 Å². The summed E-state index contributed by atoms with van der Waals surface area (Å²) in [5.41, 5.74) is 0. The predicted octanol–water partition coefficient (Wildman–Crippen LogP) is 1.47. The number of nitrogens with zero attached hydrogens (tertiary/aromatic N) is 1. The largest absolute Gasteiger partial charge is 0.381 e. The van der Waals surface area contributed by atoms with Crippen LogP contribution in [0.5, 0.6) is 0 Å². The molecule has 0 N–H and O–H groups in total. The van der Waals surface area contributed by atoms with Crippen molar-refractivity contribution in [3.05, 3.63) is 0 Å². The number of hydrogen-bond acceptors (Lipinski definition) is 3. The molecule has 15 heavy (non-hydrogen) atoms. The Morgan fingerprint density at radius 1 is 1.27 bits per heavy atom. The van der Waals surface area contributed by atoms with Crippen molar-refractivity contribution in [2.75, 3.05) is 26.5 Å². The lowest BCUT2D eigenvalue weighted by Gasteiger charge is -2.29. The second-order valence-electron chi connectivity index (χ2n) is 3.80. The summed E-state index contributed by atoms with van der Waals surface area (Å²) in [5, 5.41) is 0. The van der Waals surface area contributed by atoms with E-state index in [-0.39, 0.29) is 6.10 Å². The maximum Gasteiger partial charge on any atom is 0.211 e. The highest BCUT2D eigenvalue weighted by atomic mass is 32.2. The molecule has 92 valence electrons. The lowest BCUT2D eigenvalue weighted by Crippen LogP contribution is -2.39. The molecule has 0 unspecified atom stereocenters. The van der Waals surface area contributed by atoms with Crippen molar-refractivity contribution in [1.82, 2.24) is 4.31 Å². The molecule has 1 aliphatic heterocycles. The molecule has 0 amide bonds. The number of hydrogen-bond donors (Lipinski definition) is 0. The maximum absolute atomic E-state index is 11.1. The second kappa shape index (κ2) is 7.19. The number of piperidine rings is 1. The van der Waals surface area contributed by atoms with Crippen LogP contribution in [0, 0.1) is 0 Å². The van der Waals surface area contributed by atoms with Crippen molar-refractivity contribution in [1.29, 1.82) is 0 Å².